The average Bonchev–Trinajstić information content (AvgIpc) is 3.17. The van der Waals surface area contributed by atoms with E-state index in [4.69, 9.17) is 53.1 Å². The number of hydrogen-bond acceptors (Lipinski definition) is 17. The monoisotopic (exact) mass is 963 g/mol. The van der Waals surface area contributed by atoms with Gasteiger partial charge in [0.1, 0.15) is 0 Å². The highest BCUT2D eigenvalue weighted by Gasteiger charge is 2.42. The molecule has 13 nitrogen and oxygen atoms in total. The quantitative estimate of drug-likeness (QED) is 0.0354. The molecular weight excluding hydrogens is 879 g/mol. The van der Waals surface area contributed by atoms with Crippen LogP contribution in [0, 0.1) is 0 Å². The maximum absolute atomic E-state index is 5.90. The second-order valence-electron chi connectivity index (χ2n) is 11.9. The maximum Gasteiger partial charge on any atom is 0.500 e. The van der Waals surface area contributed by atoms with Gasteiger partial charge in [-0.05, 0) is 142 Å². The van der Waals surface area contributed by atoms with E-state index in [1.54, 1.807) is 0 Å². The van der Waals surface area contributed by atoms with Crippen molar-refractivity contribution < 1.29 is 53.1 Å². The first-order chi connectivity index (χ1) is 27.6. The van der Waals surface area contributed by atoms with E-state index < -0.39 is 35.2 Å². The highest BCUT2D eigenvalue weighted by Crippen LogP contribution is 2.44. The molecule has 0 amide bonds. The second-order valence-corrected chi connectivity index (χ2v) is 29.0. The molecule has 0 heterocycles. The van der Waals surface area contributed by atoms with E-state index in [1.165, 1.54) is 0 Å². The van der Waals surface area contributed by atoms with Crippen LogP contribution in [0.3, 0.4) is 0 Å². The third kappa shape index (κ3) is 30.5. The fourth-order valence-electron chi connectivity index (χ4n) is 5.79. The van der Waals surface area contributed by atoms with E-state index in [0.29, 0.717) is 79.3 Å². The Kier molecular flexibility index (Phi) is 44.5. The van der Waals surface area contributed by atoms with Gasteiger partial charge >= 0.3 is 35.2 Å². The summed E-state index contributed by atoms with van der Waals surface area (Å²) in [7, 11) is -2.56. The summed E-state index contributed by atoms with van der Waals surface area (Å²) < 4.78 is 70.7. The molecule has 0 aliphatic heterocycles. The second kappa shape index (κ2) is 41.7. The van der Waals surface area contributed by atoms with Crippen molar-refractivity contribution in [2.24, 2.45) is 0 Å². The van der Waals surface area contributed by atoms with Crippen molar-refractivity contribution in [3.8, 4) is 0 Å². The number of hydrogen-bond donors (Lipinski definition) is 1. The molecule has 57 heavy (non-hydrogen) atoms. The standard InChI is InChI=1S/C18H43NO6Si2.C18H42O6S4Si2/c1-7-20-26(21-8-2,22-9-3)17-13-15-19-16-14-18-27(23-10-4,24-11-5)25-12-6;1-7-19-29(20-8-2,21-9-3)17-13-15-25-27-28-26-16-14-18-30(22-10-4,23-11-5)24-12-6/h19H,7-18H2,1-6H3;7-18H2,1-6H3. The molecule has 0 unspecified atom stereocenters. The van der Waals surface area contributed by atoms with Gasteiger partial charge in [-0.3, -0.25) is 0 Å². The summed E-state index contributed by atoms with van der Waals surface area (Å²) in [5, 5.41) is 3.49. The molecular formula is C36H85NO12S4Si4. The first-order valence-corrected chi connectivity index (χ1v) is 34.5. The van der Waals surface area contributed by atoms with Gasteiger partial charge in [0.15, 0.2) is 0 Å². The Morgan fingerprint density at radius 1 is 0.298 bits per heavy atom. The van der Waals surface area contributed by atoms with E-state index in [1.807, 2.05) is 124 Å². The average molecular weight is 965 g/mol. The fraction of sp³-hybridized carbons (Fsp3) is 1.00. The van der Waals surface area contributed by atoms with Gasteiger partial charge in [0.25, 0.3) is 0 Å². The van der Waals surface area contributed by atoms with Gasteiger partial charge in [0, 0.05) is 115 Å². The Hall–Kier alpha value is 1.75. The van der Waals surface area contributed by atoms with Gasteiger partial charge in [-0.2, -0.15) is 0 Å². The molecule has 0 radical (unpaired) electrons. The molecule has 0 aliphatic rings. The molecule has 0 saturated heterocycles. The molecule has 0 aromatic heterocycles. The zero-order chi connectivity index (χ0) is 43.0. The molecule has 0 fully saturated rings. The largest absolute Gasteiger partial charge is 0.500 e. The van der Waals surface area contributed by atoms with Crippen molar-refractivity contribution in [3.63, 3.8) is 0 Å². The van der Waals surface area contributed by atoms with Crippen molar-refractivity contribution >= 4 is 76.5 Å². The van der Waals surface area contributed by atoms with E-state index >= 15 is 0 Å². The molecule has 0 spiro atoms. The van der Waals surface area contributed by atoms with Gasteiger partial charge in [-0.1, -0.05) is 21.6 Å². The van der Waals surface area contributed by atoms with Crippen LogP contribution >= 0.6 is 41.2 Å². The summed E-state index contributed by atoms with van der Waals surface area (Å²) >= 11 is 0. The van der Waals surface area contributed by atoms with Crippen molar-refractivity contribution in [2.45, 2.75) is 133 Å². The lowest BCUT2D eigenvalue weighted by Crippen LogP contribution is -2.46. The third-order valence-corrected chi connectivity index (χ3v) is 26.8. The van der Waals surface area contributed by atoms with Gasteiger partial charge in [0.2, 0.25) is 0 Å². The van der Waals surface area contributed by atoms with Crippen LogP contribution in [0.5, 0.6) is 0 Å². The summed E-state index contributed by atoms with van der Waals surface area (Å²) in [6.07, 6.45) is 4.02. The minimum absolute atomic E-state index is 0.624. The van der Waals surface area contributed by atoms with Crippen LogP contribution < -0.4 is 5.32 Å². The lowest BCUT2D eigenvalue weighted by Gasteiger charge is -2.29. The molecule has 0 aliphatic carbocycles. The van der Waals surface area contributed by atoms with Gasteiger partial charge < -0.3 is 58.4 Å². The number of rotatable bonds is 43. The molecule has 0 saturated carbocycles. The smallest absolute Gasteiger partial charge is 0.374 e. The zero-order valence-electron chi connectivity index (χ0n) is 38.0. The minimum atomic E-state index is -2.52. The normalized spacial score (nSPS) is 12.6. The van der Waals surface area contributed by atoms with E-state index in [9.17, 15) is 0 Å². The van der Waals surface area contributed by atoms with Gasteiger partial charge in [-0.15, -0.1) is 0 Å². The van der Waals surface area contributed by atoms with Crippen LogP contribution in [-0.2, 0) is 53.1 Å². The van der Waals surface area contributed by atoms with Crippen molar-refractivity contribution in [2.75, 3.05) is 104 Å². The summed E-state index contributed by atoms with van der Waals surface area (Å²) in [5.41, 5.74) is 0. The molecule has 0 aromatic rings. The van der Waals surface area contributed by atoms with E-state index in [0.717, 1.165) is 74.5 Å². The summed E-state index contributed by atoms with van der Waals surface area (Å²) in [6.45, 7) is 33.3. The minimum Gasteiger partial charge on any atom is -0.374 e. The first kappa shape index (κ1) is 60.8. The van der Waals surface area contributed by atoms with E-state index in [-0.39, 0.29) is 0 Å². The molecule has 0 aromatic carbocycles. The van der Waals surface area contributed by atoms with Crippen LogP contribution in [0.2, 0.25) is 24.2 Å². The molecule has 0 bridgehead atoms. The van der Waals surface area contributed by atoms with Crippen molar-refractivity contribution in [3.05, 3.63) is 0 Å². The third-order valence-electron chi connectivity index (χ3n) is 7.59. The molecule has 21 heteroatoms. The highest BCUT2D eigenvalue weighted by atomic mass is 33.7. The SMILES string of the molecule is CCO[Si](CCCNCCC[Si](OCC)(OCC)OCC)(OCC)OCC.CCO[Si](CCCSSSSCCC[Si](OCC)(OCC)OCC)(OCC)OCC. The molecule has 1 N–H and O–H groups in total. The maximum atomic E-state index is 5.90. The molecule has 0 rings (SSSR count). The van der Waals surface area contributed by atoms with Gasteiger partial charge in [0.05, 0.1) is 0 Å². The van der Waals surface area contributed by atoms with Crippen LogP contribution in [-0.4, -0.2) is 139 Å². The highest BCUT2D eigenvalue weighted by molar-refractivity contribution is 9.26. The van der Waals surface area contributed by atoms with Crippen molar-refractivity contribution in [1.82, 2.24) is 5.32 Å². The Labute approximate surface area is 369 Å². The Balaban J connectivity index is 0. The van der Waals surface area contributed by atoms with Crippen LogP contribution in [0.15, 0.2) is 0 Å². The van der Waals surface area contributed by atoms with Crippen LogP contribution in [0.25, 0.3) is 0 Å². The predicted molar refractivity (Wildman–Crippen MR) is 253 cm³/mol. The summed E-state index contributed by atoms with van der Waals surface area (Å²) in [6, 6.07) is 3.44. The van der Waals surface area contributed by atoms with Gasteiger partial charge in [-0.25, -0.2) is 0 Å². The first-order valence-electron chi connectivity index (χ1n) is 21.6. The number of nitrogens with one attached hydrogen (secondary N) is 1. The lowest BCUT2D eigenvalue weighted by atomic mass is 10.4. The summed E-state index contributed by atoms with van der Waals surface area (Å²) in [5.74, 6) is 2.13. The predicted octanol–water partition coefficient (Wildman–Crippen LogP) is 9.99. The Morgan fingerprint density at radius 2 is 0.491 bits per heavy atom. The lowest BCUT2D eigenvalue weighted by molar-refractivity contribution is 0.0699. The zero-order valence-corrected chi connectivity index (χ0v) is 45.3. The van der Waals surface area contributed by atoms with Crippen LogP contribution in [0.1, 0.15) is 109 Å². The topological polar surface area (TPSA) is 123 Å². The van der Waals surface area contributed by atoms with Crippen LogP contribution in [0.4, 0.5) is 0 Å². The molecule has 346 valence electrons. The fourth-order valence-corrected chi connectivity index (χ4v) is 22.9. The molecule has 0 atom stereocenters. The Morgan fingerprint density at radius 3 is 0.684 bits per heavy atom. The van der Waals surface area contributed by atoms with E-state index in [2.05, 4.69) is 5.32 Å². The Bertz CT molecular complexity index is 730. The summed E-state index contributed by atoms with van der Waals surface area (Å²) in [4.78, 5) is 0. The van der Waals surface area contributed by atoms with Crippen molar-refractivity contribution in [1.29, 1.82) is 0 Å².